The van der Waals surface area contributed by atoms with Crippen molar-refractivity contribution in [1.82, 2.24) is 0 Å². The first-order valence-corrected chi connectivity index (χ1v) is 10.6. The molecule has 0 aromatic heterocycles. The second-order valence-electron chi connectivity index (χ2n) is 6.32. The summed E-state index contributed by atoms with van der Waals surface area (Å²) < 4.78 is 24.6. The van der Waals surface area contributed by atoms with Crippen molar-refractivity contribution >= 4 is 33.1 Å². The van der Waals surface area contributed by atoms with Gasteiger partial charge >= 0.3 is 0 Å². The zero-order valence-corrected chi connectivity index (χ0v) is 16.0. The third-order valence-corrected chi connectivity index (χ3v) is 6.44. The van der Waals surface area contributed by atoms with E-state index in [1.54, 1.807) is 12.1 Å². The third kappa shape index (κ3) is 4.56. The fraction of sp³-hybridized carbons (Fsp3) is 0.316. The van der Waals surface area contributed by atoms with Crippen molar-refractivity contribution in [3.63, 3.8) is 0 Å². The van der Waals surface area contributed by atoms with Crippen LogP contribution in [0, 0.1) is 0 Å². The first-order chi connectivity index (χ1) is 12.5. The summed E-state index contributed by atoms with van der Waals surface area (Å²) in [6.07, 6.45) is 4.49. The molecular weight excluding hydrogens is 370 g/mol. The lowest BCUT2D eigenvalue weighted by Gasteiger charge is -2.19. The van der Waals surface area contributed by atoms with Crippen molar-refractivity contribution in [2.75, 3.05) is 17.6 Å². The summed E-state index contributed by atoms with van der Waals surface area (Å²) >= 11 is 5.79. The van der Waals surface area contributed by atoms with Gasteiger partial charge in [-0.05, 0) is 67.1 Å². The standard InChI is InChI=1S/C19H22ClN3O2S/c20-15-8-10-16(11-9-15)26(24,25)13-12-22-19(21)23-18-7-3-5-14-4-1-2-6-17(14)18/h3,5,7-11H,1-2,4,6,12-13H2,(H3,21,22,23). The largest absolute Gasteiger partial charge is 0.370 e. The molecule has 0 aliphatic heterocycles. The molecule has 7 heteroatoms. The lowest BCUT2D eigenvalue weighted by molar-refractivity contribution is 0.596. The van der Waals surface area contributed by atoms with Crippen LogP contribution in [0.4, 0.5) is 5.69 Å². The van der Waals surface area contributed by atoms with E-state index in [1.165, 1.54) is 36.1 Å². The second kappa shape index (κ2) is 8.10. The SMILES string of the molecule is NC(=NCCS(=O)(=O)c1ccc(Cl)cc1)Nc1cccc2c1CCCC2. The number of aryl methyl sites for hydroxylation is 1. The van der Waals surface area contributed by atoms with Crippen LogP contribution in [-0.4, -0.2) is 26.7 Å². The van der Waals surface area contributed by atoms with Gasteiger partial charge in [-0.1, -0.05) is 23.7 Å². The Kier molecular flexibility index (Phi) is 5.84. The van der Waals surface area contributed by atoms with Crippen molar-refractivity contribution in [2.24, 2.45) is 10.7 Å². The van der Waals surface area contributed by atoms with Crippen LogP contribution in [0.5, 0.6) is 0 Å². The van der Waals surface area contributed by atoms with E-state index in [0.717, 1.165) is 18.5 Å². The Morgan fingerprint density at radius 2 is 1.85 bits per heavy atom. The number of nitrogens with zero attached hydrogens (tertiary/aromatic N) is 1. The Hall–Kier alpha value is -2.05. The third-order valence-electron chi connectivity index (χ3n) is 4.47. The average molecular weight is 392 g/mol. The number of nitrogens with one attached hydrogen (secondary N) is 1. The van der Waals surface area contributed by atoms with Crippen molar-refractivity contribution < 1.29 is 8.42 Å². The minimum Gasteiger partial charge on any atom is -0.370 e. The molecule has 138 valence electrons. The normalized spacial score (nSPS) is 14.7. The summed E-state index contributed by atoms with van der Waals surface area (Å²) in [5.74, 6) is 0.125. The van der Waals surface area contributed by atoms with Gasteiger partial charge in [0.1, 0.15) is 0 Å². The molecule has 3 rings (SSSR count). The lowest BCUT2D eigenvalue weighted by Crippen LogP contribution is -2.25. The van der Waals surface area contributed by atoms with E-state index in [-0.39, 0.29) is 23.2 Å². The van der Waals surface area contributed by atoms with Gasteiger partial charge in [-0.15, -0.1) is 0 Å². The highest BCUT2D eigenvalue weighted by Gasteiger charge is 2.15. The van der Waals surface area contributed by atoms with E-state index >= 15 is 0 Å². The molecule has 1 aliphatic rings. The second-order valence-corrected chi connectivity index (χ2v) is 8.86. The fourth-order valence-electron chi connectivity index (χ4n) is 3.12. The molecule has 0 saturated carbocycles. The molecule has 0 bridgehead atoms. The van der Waals surface area contributed by atoms with Crippen LogP contribution in [0.1, 0.15) is 24.0 Å². The molecule has 5 nitrogen and oxygen atoms in total. The summed E-state index contributed by atoms with van der Waals surface area (Å²) in [7, 11) is -3.41. The van der Waals surface area contributed by atoms with Crippen LogP contribution in [0.2, 0.25) is 5.02 Å². The molecule has 0 saturated heterocycles. The van der Waals surface area contributed by atoms with Crippen LogP contribution < -0.4 is 11.1 Å². The van der Waals surface area contributed by atoms with Gasteiger partial charge in [-0.2, -0.15) is 0 Å². The average Bonchev–Trinajstić information content (AvgIpc) is 2.62. The van der Waals surface area contributed by atoms with Gasteiger partial charge in [0.2, 0.25) is 0 Å². The van der Waals surface area contributed by atoms with Gasteiger partial charge in [-0.3, -0.25) is 4.99 Å². The van der Waals surface area contributed by atoms with E-state index in [9.17, 15) is 8.42 Å². The predicted molar refractivity (Wildman–Crippen MR) is 107 cm³/mol. The first kappa shape index (κ1) is 18.7. The van der Waals surface area contributed by atoms with Gasteiger partial charge in [0, 0.05) is 10.7 Å². The van der Waals surface area contributed by atoms with Crippen LogP contribution in [0.3, 0.4) is 0 Å². The Bertz CT molecular complexity index is 909. The number of hydrogen-bond donors (Lipinski definition) is 2. The number of halogens is 1. The van der Waals surface area contributed by atoms with Crippen LogP contribution >= 0.6 is 11.6 Å². The molecule has 2 aromatic carbocycles. The molecule has 3 N–H and O–H groups in total. The fourth-order valence-corrected chi connectivity index (χ4v) is 4.37. The maximum Gasteiger partial charge on any atom is 0.193 e. The summed E-state index contributed by atoms with van der Waals surface area (Å²) in [4.78, 5) is 4.41. The summed E-state index contributed by atoms with van der Waals surface area (Å²) in [5.41, 5.74) is 9.55. The Balaban J connectivity index is 1.63. The molecular formula is C19H22ClN3O2S. The highest BCUT2D eigenvalue weighted by molar-refractivity contribution is 7.91. The van der Waals surface area contributed by atoms with Crippen LogP contribution in [-0.2, 0) is 22.7 Å². The predicted octanol–water partition coefficient (Wildman–Crippen LogP) is 3.42. The van der Waals surface area contributed by atoms with Gasteiger partial charge in [-0.25, -0.2) is 8.42 Å². The van der Waals surface area contributed by atoms with Crippen molar-refractivity contribution in [3.8, 4) is 0 Å². The number of rotatable bonds is 5. The zero-order valence-electron chi connectivity index (χ0n) is 14.4. The number of anilines is 1. The van der Waals surface area contributed by atoms with Crippen LogP contribution in [0.15, 0.2) is 52.4 Å². The molecule has 0 spiro atoms. The minimum atomic E-state index is -3.41. The van der Waals surface area contributed by atoms with Gasteiger partial charge in [0.15, 0.2) is 15.8 Å². The number of hydrogen-bond acceptors (Lipinski definition) is 3. The van der Waals surface area contributed by atoms with Gasteiger partial charge < -0.3 is 11.1 Å². The monoisotopic (exact) mass is 391 g/mol. The molecule has 0 amide bonds. The molecule has 0 atom stereocenters. The van der Waals surface area contributed by atoms with E-state index in [4.69, 9.17) is 17.3 Å². The van der Waals surface area contributed by atoms with E-state index in [1.807, 2.05) is 12.1 Å². The maximum atomic E-state index is 12.3. The number of benzene rings is 2. The van der Waals surface area contributed by atoms with Crippen LogP contribution in [0.25, 0.3) is 0 Å². The van der Waals surface area contributed by atoms with E-state index in [0.29, 0.717) is 5.02 Å². The highest BCUT2D eigenvalue weighted by Crippen LogP contribution is 2.27. The molecule has 0 unspecified atom stereocenters. The first-order valence-electron chi connectivity index (χ1n) is 8.62. The minimum absolute atomic E-state index is 0.0960. The quantitative estimate of drug-likeness (QED) is 0.604. The van der Waals surface area contributed by atoms with Crippen molar-refractivity contribution in [3.05, 3.63) is 58.6 Å². The molecule has 0 fully saturated rings. The van der Waals surface area contributed by atoms with Crippen molar-refractivity contribution in [1.29, 1.82) is 0 Å². The molecule has 0 radical (unpaired) electrons. The van der Waals surface area contributed by atoms with E-state index < -0.39 is 9.84 Å². The number of fused-ring (bicyclic) bond motifs is 1. The number of nitrogens with two attached hydrogens (primary N) is 1. The molecule has 0 heterocycles. The number of guanidine groups is 1. The summed E-state index contributed by atoms with van der Waals surface area (Å²) in [6, 6.07) is 12.3. The zero-order chi connectivity index (χ0) is 18.6. The Morgan fingerprint density at radius 3 is 2.62 bits per heavy atom. The summed E-state index contributed by atoms with van der Waals surface area (Å²) in [5, 5.41) is 3.62. The Morgan fingerprint density at radius 1 is 1.12 bits per heavy atom. The highest BCUT2D eigenvalue weighted by atomic mass is 35.5. The molecule has 2 aromatic rings. The Labute approximate surface area is 159 Å². The van der Waals surface area contributed by atoms with Crippen molar-refractivity contribution in [2.45, 2.75) is 30.6 Å². The smallest absolute Gasteiger partial charge is 0.193 e. The maximum absolute atomic E-state index is 12.3. The van der Waals surface area contributed by atoms with E-state index in [2.05, 4.69) is 16.4 Å². The lowest BCUT2D eigenvalue weighted by atomic mass is 9.90. The summed E-state index contributed by atoms with van der Waals surface area (Å²) in [6.45, 7) is 0.0960. The number of sulfone groups is 1. The molecule has 1 aliphatic carbocycles. The van der Waals surface area contributed by atoms with Gasteiger partial charge in [0.05, 0.1) is 17.2 Å². The molecule has 26 heavy (non-hydrogen) atoms. The van der Waals surface area contributed by atoms with Gasteiger partial charge in [0.25, 0.3) is 0 Å². The topological polar surface area (TPSA) is 84.5 Å². The number of aliphatic imine (C=N–C) groups is 1.